The minimum Gasteiger partial charge on any atom is -0.380 e. The van der Waals surface area contributed by atoms with E-state index >= 15 is 0 Å². The van der Waals surface area contributed by atoms with Gasteiger partial charge in [0.05, 0.1) is 12.6 Å². The van der Waals surface area contributed by atoms with Crippen LogP contribution in [0.15, 0.2) is 28.7 Å². The lowest BCUT2D eigenvalue weighted by Gasteiger charge is -2.19. The zero-order chi connectivity index (χ0) is 13.7. The van der Waals surface area contributed by atoms with E-state index in [1.165, 1.54) is 0 Å². The molecule has 1 aromatic rings. The molecule has 0 aromatic heterocycles. The van der Waals surface area contributed by atoms with Crippen LogP contribution in [0, 0.1) is 0 Å². The molecule has 1 aromatic carbocycles. The monoisotopic (exact) mass is 326 g/mol. The molecule has 4 nitrogen and oxygen atoms in total. The molecule has 104 valence electrons. The Morgan fingerprint density at radius 2 is 2.11 bits per heavy atom. The molecule has 1 amide bonds. The molecular weight excluding hydrogens is 308 g/mol. The first kappa shape index (κ1) is 14.5. The van der Waals surface area contributed by atoms with E-state index in [0.717, 1.165) is 29.4 Å². The van der Waals surface area contributed by atoms with Crippen LogP contribution in [0.4, 0.5) is 5.69 Å². The number of hydrogen-bond acceptors (Lipinski definition) is 3. The lowest BCUT2D eigenvalue weighted by Crippen LogP contribution is -2.41. The number of amides is 1. The summed E-state index contributed by atoms with van der Waals surface area (Å²) in [7, 11) is 1.73. The summed E-state index contributed by atoms with van der Waals surface area (Å²) in [6.07, 6.45) is 3.54. The molecule has 2 N–H and O–H groups in total. The second-order valence-corrected chi connectivity index (χ2v) is 5.66. The topological polar surface area (TPSA) is 50.4 Å². The van der Waals surface area contributed by atoms with E-state index in [1.54, 1.807) is 7.11 Å². The largest absolute Gasteiger partial charge is 0.380 e. The Balaban J connectivity index is 1.77. The molecule has 2 unspecified atom stereocenters. The van der Waals surface area contributed by atoms with Gasteiger partial charge >= 0.3 is 0 Å². The second-order valence-electron chi connectivity index (χ2n) is 4.75. The quantitative estimate of drug-likeness (QED) is 0.874. The Morgan fingerprint density at radius 1 is 1.37 bits per heavy atom. The zero-order valence-electron chi connectivity index (χ0n) is 11.0. The summed E-state index contributed by atoms with van der Waals surface area (Å²) in [6, 6.07) is 7.84. The van der Waals surface area contributed by atoms with Crippen LogP contribution in [0.2, 0.25) is 0 Å². The van der Waals surface area contributed by atoms with Crippen LogP contribution in [0.3, 0.4) is 0 Å². The van der Waals surface area contributed by atoms with Gasteiger partial charge in [-0.15, -0.1) is 0 Å². The standard InChI is InChI=1S/C14H19BrN2O2/c1-19-13-4-2-3-12(13)16-9-14(18)17-11-7-5-10(15)6-8-11/h5-8,12-13,16H,2-4,9H2,1H3,(H,17,18). The van der Waals surface area contributed by atoms with Gasteiger partial charge in [0.25, 0.3) is 0 Å². The van der Waals surface area contributed by atoms with Gasteiger partial charge in [0.15, 0.2) is 0 Å². The summed E-state index contributed by atoms with van der Waals surface area (Å²) < 4.78 is 6.39. The molecule has 0 radical (unpaired) electrons. The summed E-state index contributed by atoms with van der Waals surface area (Å²) in [5.41, 5.74) is 0.810. The van der Waals surface area contributed by atoms with Crippen molar-refractivity contribution in [2.24, 2.45) is 0 Å². The van der Waals surface area contributed by atoms with Crippen molar-refractivity contribution in [1.82, 2.24) is 5.32 Å². The highest BCUT2D eigenvalue weighted by atomic mass is 79.9. The molecular formula is C14H19BrN2O2. The second kappa shape index (κ2) is 7.03. The van der Waals surface area contributed by atoms with Crippen LogP contribution in [0.1, 0.15) is 19.3 Å². The predicted molar refractivity (Wildman–Crippen MR) is 79.2 cm³/mol. The van der Waals surface area contributed by atoms with Crippen LogP contribution in [-0.4, -0.2) is 31.7 Å². The number of methoxy groups -OCH3 is 1. The highest BCUT2D eigenvalue weighted by Gasteiger charge is 2.26. The molecule has 1 aliphatic rings. The number of ether oxygens (including phenoxy) is 1. The van der Waals surface area contributed by atoms with Crippen LogP contribution < -0.4 is 10.6 Å². The maximum atomic E-state index is 11.8. The Labute approximate surface area is 122 Å². The molecule has 5 heteroatoms. The number of carbonyl (C=O) groups excluding carboxylic acids is 1. The molecule has 1 aliphatic carbocycles. The fraction of sp³-hybridized carbons (Fsp3) is 0.500. The normalized spacial score (nSPS) is 22.4. The van der Waals surface area contributed by atoms with Gasteiger partial charge in [-0.05, 0) is 43.5 Å². The maximum Gasteiger partial charge on any atom is 0.238 e. The van der Waals surface area contributed by atoms with E-state index in [4.69, 9.17) is 4.74 Å². The lowest BCUT2D eigenvalue weighted by atomic mass is 10.2. The highest BCUT2D eigenvalue weighted by molar-refractivity contribution is 9.10. The van der Waals surface area contributed by atoms with Gasteiger partial charge in [-0.2, -0.15) is 0 Å². The van der Waals surface area contributed by atoms with E-state index < -0.39 is 0 Å². The van der Waals surface area contributed by atoms with Crippen molar-refractivity contribution in [3.8, 4) is 0 Å². The lowest BCUT2D eigenvalue weighted by molar-refractivity contribution is -0.115. The average molecular weight is 327 g/mol. The summed E-state index contributed by atoms with van der Waals surface area (Å²) >= 11 is 3.36. The fourth-order valence-electron chi connectivity index (χ4n) is 2.40. The first-order valence-corrected chi connectivity index (χ1v) is 7.30. The van der Waals surface area contributed by atoms with Gasteiger partial charge in [-0.1, -0.05) is 15.9 Å². The minimum atomic E-state index is -0.0240. The fourth-order valence-corrected chi connectivity index (χ4v) is 2.67. The SMILES string of the molecule is COC1CCCC1NCC(=O)Nc1ccc(Br)cc1. The van der Waals surface area contributed by atoms with Crippen molar-refractivity contribution in [3.05, 3.63) is 28.7 Å². The molecule has 0 aliphatic heterocycles. The molecule has 2 rings (SSSR count). The Hall–Kier alpha value is -0.910. The summed E-state index contributed by atoms with van der Waals surface area (Å²) in [5, 5.41) is 6.13. The van der Waals surface area contributed by atoms with Gasteiger partial charge in [-0.3, -0.25) is 4.79 Å². The van der Waals surface area contributed by atoms with Crippen LogP contribution in [0.5, 0.6) is 0 Å². The molecule has 19 heavy (non-hydrogen) atoms. The van der Waals surface area contributed by atoms with Crippen molar-refractivity contribution < 1.29 is 9.53 Å². The highest BCUT2D eigenvalue weighted by Crippen LogP contribution is 2.21. The smallest absolute Gasteiger partial charge is 0.238 e. The van der Waals surface area contributed by atoms with Gasteiger partial charge in [0.1, 0.15) is 0 Å². The van der Waals surface area contributed by atoms with Crippen molar-refractivity contribution in [3.63, 3.8) is 0 Å². The number of anilines is 1. The summed E-state index contributed by atoms with van der Waals surface area (Å²) in [5.74, 6) is -0.0240. The van der Waals surface area contributed by atoms with Crippen molar-refractivity contribution in [2.45, 2.75) is 31.4 Å². The first-order valence-electron chi connectivity index (χ1n) is 6.50. The number of hydrogen-bond donors (Lipinski definition) is 2. The van der Waals surface area contributed by atoms with Crippen LogP contribution in [-0.2, 0) is 9.53 Å². The zero-order valence-corrected chi connectivity index (χ0v) is 12.6. The van der Waals surface area contributed by atoms with Crippen molar-refractivity contribution in [1.29, 1.82) is 0 Å². The van der Waals surface area contributed by atoms with Crippen molar-refractivity contribution >= 4 is 27.5 Å². The van der Waals surface area contributed by atoms with E-state index in [1.807, 2.05) is 24.3 Å². The van der Waals surface area contributed by atoms with Crippen LogP contribution in [0.25, 0.3) is 0 Å². The van der Waals surface area contributed by atoms with E-state index in [0.29, 0.717) is 12.6 Å². The number of rotatable bonds is 5. The van der Waals surface area contributed by atoms with Crippen molar-refractivity contribution in [2.75, 3.05) is 19.0 Å². The van der Waals surface area contributed by atoms with Gasteiger partial charge in [-0.25, -0.2) is 0 Å². The third-order valence-electron chi connectivity index (χ3n) is 3.41. The number of benzene rings is 1. The summed E-state index contributed by atoms with van der Waals surface area (Å²) in [6.45, 7) is 0.320. The van der Waals surface area contributed by atoms with E-state index in [9.17, 15) is 4.79 Å². The molecule has 1 saturated carbocycles. The first-order chi connectivity index (χ1) is 9.19. The van der Waals surface area contributed by atoms with E-state index in [2.05, 4.69) is 26.6 Å². The van der Waals surface area contributed by atoms with Gasteiger partial charge < -0.3 is 15.4 Å². The van der Waals surface area contributed by atoms with Gasteiger partial charge in [0.2, 0.25) is 5.91 Å². The molecule has 0 heterocycles. The number of carbonyl (C=O) groups is 1. The average Bonchev–Trinajstić information content (AvgIpc) is 2.86. The molecule has 1 fully saturated rings. The number of nitrogens with one attached hydrogen (secondary N) is 2. The minimum absolute atomic E-state index is 0.0240. The molecule has 2 atom stereocenters. The van der Waals surface area contributed by atoms with E-state index in [-0.39, 0.29) is 12.0 Å². The number of halogens is 1. The molecule has 0 saturated heterocycles. The Kier molecular flexibility index (Phi) is 5.36. The third-order valence-corrected chi connectivity index (χ3v) is 3.94. The molecule has 0 spiro atoms. The Morgan fingerprint density at radius 3 is 2.79 bits per heavy atom. The van der Waals surface area contributed by atoms with Gasteiger partial charge in [0, 0.05) is 23.3 Å². The van der Waals surface area contributed by atoms with Crippen LogP contribution >= 0.6 is 15.9 Å². The predicted octanol–water partition coefficient (Wildman–Crippen LogP) is 2.54. The summed E-state index contributed by atoms with van der Waals surface area (Å²) in [4.78, 5) is 11.8. The molecule has 0 bridgehead atoms. The third kappa shape index (κ3) is 4.30. The Bertz CT molecular complexity index is 422. The maximum absolute atomic E-state index is 11.8.